The van der Waals surface area contributed by atoms with Crippen LogP contribution in [0, 0.1) is 5.92 Å². The highest BCUT2D eigenvalue weighted by Gasteiger charge is 2.19. The Kier molecular flexibility index (Phi) is 3.22. The van der Waals surface area contributed by atoms with Crippen molar-refractivity contribution in [3.63, 3.8) is 0 Å². The summed E-state index contributed by atoms with van der Waals surface area (Å²) in [5, 5.41) is 3.45. The van der Waals surface area contributed by atoms with E-state index in [1.807, 2.05) is 0 Å². The van der Waals surface area contributed by atoms with Gasteiger partial charge in [0.25, 0.3) is 0 Å². The van der Waals surface area contributed by atoms with Crippen LogP contribution in [0.15, 0.2) is 4.99 Å². The highest BCUT2D eigenvalue weighted by Crippen LogP contribution is 2.33. The maximum absolute atomic E-state index is 4.47. The van der Waals surface area contributed by atoms with Crippen LogP contribution < -0.4 is 5.32 Å². The first kappa shape index (κ1) is 9.04. The van der Waals surface area contributed by atoms with Crippen molar-refractivity contribution in [3.8, 4) is 0 Å². The monoisotopic (exact) mass is 180 g/mol. The summed E-state index contributed by atoms with van der Waals surface area (Å²) in [4.78, 5) is 4.47. The van der Waals surface area contributed by atoms with Gasteiger partial charge in [0.15, 0.2) is 0 Å². The first-order valence-electron chi connectivity index (χ1n) is 5.72. The van der Waals surface area contributed by atoms with Gasteiger partial charge in [0.2, 0.25) is 0 Å². The molecule has 2 rings (SSSR count). The van der Waals surface area contributed by atoms with Gasteiger partial charge in [-0.3, -0.25) is 4.99 Å². The molecule has 2 aliphatic rings. The van der Waals surface area contributed by atoms with E-state index in [1.54, 1.807) is 0 Å². The van der Waals surface area contributed by atoms with E-state index in [0.717, 1.165) is 19.0 Å². The lowest BCUT2D eigenvalue weighted by atomic mass is 10.1. The van der Waals surface area contributed by atoms with Crippen LogP contribution in [-0.4, -0.2) is 18.9 Å². The zero-order valence-electron chi connectivity index (χ0n) is 8.39. The van der Waals surface area contributed by atoms with Crippen molar-refractivity contribution in [1.82, 2.24) is 5.32 Å². The normalized spacial score (nSPS) is 22.6. The quantitative estimate of drug-likeness (QED) is 0.660. The molecule has 13 heavy (non-hydrogen) atoms. The molecule has 1 aliphatic carbocycles. The fraction of sp³-hybridized carbons (Fsp3) is 0.909. The fourth-order valence-electron chi connectivity index (χ4n) is 1.87. The van der Waals surface area contributed by atoms with Crippen LogP contribution in [0.3, 0.4) is 0 Å². The number of rotatable bonds is 4. The van der Waals surface area contributed by atoms with Crippen molar-refractivity contribution < 1.29 is 0 Å². The van der Waals surface area contributed by atoms with E-state index in [2.05, 4.69) is 10.3 Å². The average Bonchev–Trinajstić information content (AvgIpc) is 2.98. The van der Waals surface area contributed by atoms with Gasteiger partial charge in [-0.1, -0.05) is 12.8 Å². The molecule has 0 amide bonds. The first-order valence-corrected chi connectivity index (χ1v) is 5.72. The number of hydrogen-bond acceptors (Lipinski definition) is 2. The number of aliphatic imine (C=N–C) groups is 1. The van der Waals surface area contributed by atoms with Crippen LogP contribution >= 0.6 is 0 Å². The van der Waals surface area contributed by atoms with Crippen molar-refractivity contribution in [2.75, 3.05) is 13.1 Å². The molecule has 1 saturated carbocycles. The zero-order valence-corrected chi connectivity index (χ0v) is 8.39. The minimum absolute atomic E-state index is 1.05. The van der Waals surface area contributed by atoms with Crippen molar-refractivity contribution in [3.05, 3.63) is 0 Å². The second-order valence-electron chi connectivity index (χ2n) is 4.30. The summed E-state index contributed by atoms with van der Waals surface area (Å²) in [7, 11) is 0. The van der Waals surface area contributed by atoms with Gasteiger partial charge in [0.05, 0.1) is 5.84 Å². The molecule has 0 bridgehead atoms. The molecule has 2 nitrogen and oxygen atoms in total. The zero-order chi connectivity index (χ0) is 8.93. The summed E-state index contributed by atoms with van der Waals surface area (Å²) in [6.45, 7) is 2.19. The summed E-state index contributed by atoms with van der Waals surface area (Å²) in [5.41, 5.74) is 0. The van der Waals surface area contributed by atoms with Gasteiger partial charge in [-0.05, 0) is 31.6 Å². The molecule has 0 radical (unpaired) electrons. The molecule has 0 aromatic carbocycles. The van der Waals surface area contributed by atoms with Crippen molar-refractivity contribution >= 4 is 5.84 Å². The lowest BCUT2D eigenvalue weighted by Gasteiger charge is -2.13. The highest BCUT2D eigenvalue weighted by atomic mass is 15.0. The minimum atomic E-state index is 1.05. The maximum atomic E-state index is 4.47. The molecule has 1 fully saturated rings. The van der Waals surface area contributed by atoms with E-state index in [1.165, 1.54) is 50.8 Å². The SMILES string of the molecule is C1CCC(NCCCC2CC2)=NC1. The van der Waals surface area contributed by atoms with E-state index < -0.39 is 0 Å². The topological polar surface area (TPSA) is 24.4 Å². The third kappa shape index (κ3) is 3.37. The Hall–Kier alpha value is -0.530. The molecule has 0 atom stereocenters. The molecule has 0 aromatic rings. The third-order valence-electron chi connectivity index (χ3n) is 2.94. The molecule has 0 saturated heterocycles. The molecule has 0 unspecified atom stereocenters. The molecule has 0 aromatic heterocycles. The number of hydrogen-bond donors (Lipinski definition) is 1. The Balaban J connectivity index is 1.53. The number of amidine groups is 1. The maximum Gasteiger partial charge on any atom is 0.0963 e. The van der Waals surface area contributed by atoms with E-state index in [-0.39, 0.29) is 0 Å². The van der Waals surface area contributed by atoms with E-state index in [9.17, 15) is 0 Å². The Morgan fingerprint density at radius 1 is 1.31 bits per heavy atom. The van der Waals surface area contributed by atoms with E-state index >= 15 is 0 Å². The standard InChI is InChI=1S/C11H20N2/c1-2-8-12-11(5-1)13-9-3-4-10-6-7-10/h10H,1-9H2,(H,12,13). The molecule has 2 heteroatoms. The predicted molar refractivity (Wildman–Crippen MR) is 56.1 cm³/mol. The molecule has 74 valence electrons. The summed E-state index contributed by atoms with van der Waals surface area (Å²) >= 11 is 0. The lowest BCUT2D eigenvalue weighted by Crippen LogP contribution is -2.26. The molecular formula is C11H20N2. The summed E-state index contributed by atoms with van der Waals surface area (Å²) in [6.07, 6.45) is 9.54. The second kappa shape index (κ2) is 4.64. The van der Waals surface area contributed by atoms with Crippen molar-refractivity contribution in [2.45, 2.75) is 44.9 Å². The third-order valence-corrected chi connectivity index (χ3v) is 2.94. The van der Waals surface area contributed by atoms with Crippen LogP contribution in [0.5, 0.6) is 0 Å². The molecule has 1 heterocycles. The summed E-state index contributed by atoms with van der Waals surface area (Å²) in [5.74, 6) is 2.34. The van der Waals surface area contributed by atoms with Crippen molar-refractivity contribution in [1.29, 1.82) is 0 Å². The second-order valence-corrected chi connectivity index (χ2v) is 4.30. The lowest BCUT2D eigenvalue weighted by molar-refractivity contribution is 0.637. The largest absolute Gasteiger partial charge is 0.374 e. The molecular weight excluding hydrogens is 160 g/mol. The highest BCUT2D eigenvalue weighted by molar-refractivity contribution is 5.82. The molecule has 1 aliphatic heterocycles. The van der Waals surface area contributed by atoms with Gasteiger partial charge in [-0.15, -0.1) is 0 Å². The summed E-state index contributed by atoms with van der Waals surface area (Å²) < 4.78 is 0. The summed E-state index contributed by atoms with van der Waals surface area (Å²) in [6, 6.07) is 0. The Labute approximate surface area is 80.8 Å². The van der Waals surface area contributed by atoms with Crippen molar-refractivity contribution in [2.24, 2.45) is 10.9 Å². The van der Waals surface area contributed by atoms with Gasteiger partial charge in [-0.2, -0.15) is 0 Å². The molecule has 1 N–H and O–H groups in total. The van der Waals surface area contributed by atoms with Gasteiger partial charge < -0.3 is 5.32 Å². The van der Waals surface area contributed by atoms with E-state index in [0.29, 0.717) is 0 Å². The van der Waals surface area contributed by atoms with Crippen LogP contribution in [0.2, 0.25) is 0 Å². The van der Waals surface area contributed by atoms with Gasteiger partial charge >= 0.3 is 0 Å². The fourth-order valence-corrected chi connectivity index (χ4v) is 1.87. The number of nitrogens with zero attached hydrogens (tertiary/aromatic N) is 1. The molecule has 0 spiro atoms. The smallest absolute Gasteiger partial charge is 0.0963 e. The minimum Gasteiger partial charge on any atom is -0.374 e. The van der Waals surface area contributed by atoms with Gasteiger partial charge in [0, 0.05) is 19.5 Å². The van der Waals surface area contributed by atoms with Gasteiger partial charge in [0.1, 0.15) is 0 Å². The number of nitrogens with one attached hydrogen (secondary N) is 1. The van der Waals surface area contributed by atoms with Crippen LogP contribution in [0.25, 0.3) is 0 Å². The van der Waals surface area contributed by atoms with Crippen LogP contribution in [0.4, 0.5) is 0 Å². The Bertz CT molecular complexity index is 183. The van der Waals surface area contributed by atoms with Crippen LogP contribution in [0.1, 0.15) is 44.9 Å². The Morgan fingerprint density at radius 2 is 2.23 bits per heavy atom. The van der Waals surface area contributed by atoms with Crippen LogP contribution in [-0.2, 0) is 0 Å². The van der Waals surface area contributed by atoms with E-state index in [4.69, 9.17) is 0 Å². The first-order chi connectivity index (χ1) is 6.45. The predicted octanol–water partition coefficient (Wildman–Crippen LogP) is 2.35. The average molecular weight is 180 g/mol. The van der Waals surface area contributed by atoms with Gasteiger partial charge in [-0.25, -0.2) is 0 Å². The Morgan fingerprint density at radius 3 is 2.92 bits per heavy atom.